The lowest BCUT2D eigenvalue weighted by Gasteiger charge is -2.40. The van der Waals surface area contributed by atoms with E-state index in [2.05, 4.69) is 303 Å². The van der Waals surface area contributed by atoms with Gasteiger partial charge in [-0.15, -0.1) is 0 Å². The van der Waals surface area contributed by atoms with Crippen molar-refractivity contribution in [1.82, 2.24) is 0 Å². The first-order valence-corrected chi connectivity index (χ1v) is 29.5. The average molecular weight is 1050 g/mol. The molecule has 3 unspecified atom stereocenters. The van der Waals surface area contributed by atoms with Crippen LogP contribution < -0.4 is 9.80 Å². The predicted molar refractivity (Wildman–Crippen MR) is 343 cm³/mol. The second-order valence-electron chi connectivity index (χ2n) is 23.9. The Labute approximate surface area is 482 Å². The van der Waals surface area contributed by atoms with Crippen LogP contribution in [-0.2, 0) is 23.7 Å². The van der Waals surface area contributed by atoms with Crippen LogP contribution >= 0.6 is 0 Å². The van der Waals surface area contributed by atoms with Gasteiger partial charge in [-0.25, -0.2) is 0 Å². The maximum atomic E-state index is 2.62. The summed E-state index contributed by atoms with van der Waals surface area (Å²) < 4.78 is 0. The summed E-state index contributed by atoms with van der Waals surface area (Å²) in [5.74, 6) is 0.957. The van der Waals surface area contributed by atoms with Crippen molar-refractivity contribution < 1.29 is 0 Å². The Hall–Kier alpha value is -9.50. The van der Waals surface area contributed by atoms with Crippen LogP contribution in [0.5, 0.6) is 0 Å². The molecule has 12 aromatic rings. The summed E-state index contributed by atoms with van der Waals surface area (Å²) in [5.41, 5.74) is 28.3. The molecule has 2 nitrogen and oxygen atoms in total. The molecular weight excluding hydrogens is 989 g/mol. The van der Waals surface area contributed by atoms with Crippen molar-refractivity contribution in [2.75, 3.05) is 9.80 Å². The lowest BCUT2D eigenvalue weighted by atomic mass is 9.68. The van der Waals surface area contributed by atoms with Gasteiger partial charge in [-0.05, 0) is 198 Å². The van der Waals surface area contributed by atoms with Crippen molar-refractivity contribution in [3.63, 3.8) is 0 Å². The molecular formula is C80H62N2. The van der Waals surface area contributed by atoms with Crippen molar-refractivity contribution in [3.05, 3.63) is 312 Å². The largest absolute Gasteiger partial charge is 0.310 e. The highest BCUT2D eigenvalue weighted by Crippen LogP contribution is 2.69. The molecule has 0 saturated heterocycles. The van der Waals surface area contributed by atoms with E-state index in [1.165, 1.54) is 135 Å². The van der Waals surface area contributed by atoms with E-state index in [4.69, 9.17) is 0 Å². The van der Waals surface area contributed by atoms with Crippen molar-refractivity contribution >= 4 is 44.9 Å². The fourth-order valence-corrected chi connectivity index (χ4v) is 15.9. The molecule has 0 heterocycles. The molecule has 16 rings (SSSR count). The van der Waals surface area contributed by atoms with E-state index in [0.717, 1.165) is 24.2 Å². The van der Waals surface area contributed by atoms with E-state index in [9.17, 15) is 0 Å². The van der Waals surface area contributed by atoms with Crippen molar-refractivity contribution in [2.45, 2.75) is 50.4 Å². The first-order valence-electron chi connectivity index (χ1n) is 29.5. The minimum atomic E-state index is -0.196. The Morgan fingerprint density at radius 3 is 1.43 bits per heavy atom. The first kappa shape index (κ1) is 48.4. The SMILES string of the molecule is CC1(C)c2cc(N(c3ccccc3)c3cccc4c3C35c6c(cccc6N(c6ccccc6)c6ccc(-c7ccc8ccccc8c7-c7ccc(-c8ccccc8)cc7)cc6)CC3CCC5C4)ccc2-c2c(-c3ccccc3)cccc21. The molecule has 1 saturated carbocycles. The molecule has 0 bridgehead atoms. The molecule has 3 atom stereocenters. The molecule has 0 amide bonds. The molecule has 2 heteroatoms. The molecule has 0 aliphatic heterocycles. The lowest BCUT2D eigenvalue weighted by molar-refractivity contribution is 0.350. The summed E-state index contributed by atoms with van der Waals surface area (Å²) in [4.78, 5) is 5.20. The molecule has 0 aromatic heterocycles. The van der Waals surface area contributed by atoms with E-state index >= 15 is 0 Å². The first-order chi connectivity index (χ1) is 40.4. The number of rotatable bonds is 10. The monoisotopic (exact) mass is 1050 g/mol. The second kappa shape index (κ2) is 19.1. The van der Waals surface area contributed by atoms with Gasteiger partial charge in [0.25, 0.3) is 0 Å². The zero-order valence-electron chi connectivity index (χ0n) is 46.4. The Kier molecular flexibility index (Phi) is 11.3. The van der Waals surface area contributed by atoms with E-state index in [-0.39, 0.29) is 10.8 Å². The Bertz CT molecular complexity index is 4400. The second-order valence-corrected chi connectivity index (χ2v) is 23.9. The van der Waals surface area contributed by atoms with Gasteiger partial charge in [0.15, 0.2) is 0 Å². The Balaban J connectivity index is 0.841. The molecule has 12 aromatic carbocycles. The van der Waals surface area contributed by atoms with Crippen molar-refractivity contribution in [3.8, 4) is 55.6 Å². The van der Waals surface area contributed by atoms with Crippen LogP contribution in [0.3, 0.4) is 0 Å². The van der Waals surface area contributed by atoms with Gasteiger partial charge in [0, 0.05) is 33.6 Å². The van der Waals surface area contributed by atoms with Gasteiger partial charge >= 0.3 is 0 Å². The Morgan fingerprint density at radius 2 is 0.793 bits per heavy atom. The van der Waals surface area contributed by atoms with Gasteiger partial charge in [0.1, 0.15) is 0 Å². The van der Waals surface area contributed by atoms with Gasteiger partial charge in [0.05, 0.1) is 11.4 Å². The molecule has 0 N–H and O–H groups in total. The maximum Gasteiger partial charge on any atom is 0.0505 e. The third kappa shape index (κ3) is 7.40. The highest BCUT2D eigenvalue weighted by molar-refractivity contribution is 6.05. The summed E-state index contributed by atoms with van der Waals surface area (Å²) >= 11 is 0. The average Bonchev–Trinajstić information content (AvgIpc) is 3.05. The standard InChI is InChI=1S/C80H62N2/c1-79(2)71-33-19-32-68(55-22-9-4-10-23-55)76(71)70-49-47-66(52-72(70)79)82(64-29-13-6-14-30-64)74-35-18-26-60-51-62-44-43-61-50-59-25-17-34-73(77(59)80(61,62)78(60)74)81(63-27-11-5-12-28-63)65-45-40-57(41-46-65)69-48-42-56-24-15-16-31-67(56)75(69)58-38-36-54(37-39-58)53-20-7-3-8-21-53/h3-42,45-49,52,61-62H,43-44,50-51H2,1-2H3. The topological polar surface area (TPSA) is 6.48 Å². The highest BCUT2D eigenvalue weighted by atomic mass is 15.2. The van der Waals surface area contributed by atoms with Crippen LogP contribution in [0.15, 0.2) is 279 Å². The fraction of sp³-hybridized carbons (Fsp3) is 0.125. The minimum Gasteiger partial charge on any atom is -0.310 e. The highest BCUT2D eigenvalue weighted by Gasteiger charge is 2.62. The third-order valence-corrected chi connectivity index (χ3v) is 19.4. The zero-order chi connectivity index (χ0) is 54.5. The number of para-hydroxylation sites is 2. The molecule has 392 valence electrons. The zero-order valence-corrected chi connectivity index (χ0v) is 46.4. The summed E-state index contributed by atoms with van der Waals surface area (Å²) in [6.07, 6.45) is 4.59. The number of hydrogen-bond donors (Lipinski definition) is 0. The van der Waals surface area contributed by atoms with Crippen molar-refractivity contribution in [1.29, 1.82) is 0 Å². The number of nitrogens with zero attached hydrogens (tertiary/aromatic N) is 2. The van der Waals surface area contributed by atoms with Crippen LogP contribution in [-0.4, -0.2) is 0 Å². The third-order valence-electron chi connectivity index (χ3n) is 19.4. The lowest BCUT2D eigenvalue weighted by Crippen LogP contribution is -2.34. The normalized spacial score (nSPS) is 17.6. The van der Waals surface area contributed by atoms with E-state index in [0.29, 0.717) is 11.8 Å². The van der Waals surface area contributed by atoms with Crippen LogP contribution in [0.4, 0.5) is 34.1 Å². The Morgan fingerprint density at radius 1 is 0.329 bits per heavy atom. The molecule has 1 fully saturated rings. The molecule has 4 aliphatic rings. The van der Waals surface area contributed by atoms with Gasteiger partial charge in [-0.1, -0.05) is 232 Å². The minimum absolute atomic E-state index is 0.190. The summed E-state index contributed by atoms with van der Waals surface area (Å²) in [5, 5.41) is 2.50. The van der Waals surface area contributed by atoms with Crippen LogP contribution in [0.25, 0.3) is 66.4 Å². The number of benzene rings is 12. The number of hydrogen-bond acceptors (Lipinski definition) is 2. The van der Waals surface area contributed by atoms with E-state index in [1.54, 1.807) is 0 Å². The van der Waals surface area contributed by atoms with Crippen molar-refractivity contribution in [2.24, 2.45) is 11.8 Å². The number of anilines is 6. The molecule has 82 heavy (non-hydrogen) atoms. The molecule has 0 radical (unpaired) electrons. The summed E-state index contributed by atoms with van der Waals surface area (Å²) in [6, 6.07) is 105. The number of fused-ring (bicyclic) bond motifs is 6. The van der Waals surface area contributed by atoms with Crippen LogP contribution in [0.1, 0.15) is 60.1 Å². The smallest absolute Gasteiger partial charge is 0.0505 e. The van der Waals surface area contributed by atoms with Crippen LogP contribution in [0.2, 0.25) is 0 Å². The maximum absolute atomic E-state index is 2.62. The molecule has 4 aliphatic carbocycles. The summed E-state index contributed by atoms with van der Waals surface area (Å²) in [6.45, 7) is 4.84. The van der Waals surface area contributed by atoms with E-state index in [1.807, 2.05) is 0 Å². The van der Waals surface area contributed by atoms with Gasteiger partial charge in [-0.2, -0.15) is 0 Å². The molecule has 1 spiro atoms. The quantitative estimate of drug-likeness (QED) is 0.135. The predicted octanol–water partition coefficient (Wildman–Crippen LogP) is 21.2. The van der Waals surface area contributed by atoms with Gasteiger partial charge in [-0.3, -0.25) is 0 Å². The van der Waals surface area contributed by atoms with Crippen LogP contribution in [0, 0.1) is 11.8 Å². The van der Waals surface area contributed by atoms with E-state index < -0.39 is 0 Å². The summed E-state index contributed by atoms with van der Waals surface area (Å²) in [7, 11) is 0. The van der Waals surface area contributed by atoms with Gasteiger partial charge in [0.2, 0.25) is 0 Å². The fourth-order valence-electron chi connectivity index (χ4n) is 15.9. The van der Waals surface area contributed by atoms with Gasteiger partial charge < -0.3 is 9.80 Å².